The minimum absolute atomic E-state index is 0.760. The van der Waals surface area contributed by atoms with E-state index in [0.717, 1.165) is 11.3 Å². The molecule has 2 aromatic rings. The van der Waals surface area contributed by atoms with Gasteiger partial charge < -0.3 is 9.51 Å². The monoisotopic (exact) mass is 160 g/mol. The summed E-state index contributed by atoms with van der Waals surface area (Å²) in [7, 11) is 0. The third-order valence-corrected chi connectivity index (χ3v) is 1.52. The first kappa shape index (κ1) is 6.91. The predicted molar refractivity (Wildman–Crippen MR) is 46.2 cm³/mol. The Balaban J connectivity index is 2.14. The van der Waals surface area contributed by atoms with E-state index in [9.17, 15) is 0 Å². The summed E-state index contributed by atoms with van der Waals surface area (Å²) in [5.74, 6) is 0.760. The van der Waals surface area contributed by atoms with Crippen LogP contribution in [0.4, 0.5) is 0 Å². The minimum atomic E-state index is 0.760. The van der Waals surface area contributed by atoms with E-state index < -0.39 is 0 Å². The standard InChI is InChI=1S/C9H8N2O/c1(8-3-5-10-7-8)2-9-4-6-11-12-9/h1-7,10H/b2-1+. The van der Waals surface area contributed by atoms with E-state index in [1.807, 2.05) is 36.7 Å². The van der Waals surface area contributed by atoms with Gasteiger partial charge in [-0.15, -0.1) is 0 Å². The number of rotatable bonds is 2. The van der Waals surface area contributed by atoms with Gasteiger partial charge in [0, 0.05) is 18.5 Å². The first-order chi connectivity index (χ1) is 5.95. The summed E-state index contributed by atoms with van der Waals surface area (Å²) in [5, 5.41) is 3.59. The Labute approximate surface area is 69.7 Å². The molecule has 0 spiro atoms. The van der Waals surface area contributed by atoms with Gasteiger partial charge in [-0.1, -0.05) is 5.16 Å². The van der Waals surface area contributed by atoms with Crippen LogP contribution < -0.4 is 0 Å². The van der Waals surface area contributed by atoms with Crippen LogP contribution in [-0.2, 0) is 0 Å². The lowest BCUT2D eigenvalue weighted by Crippen LogP contribution is -1.62. The number of nitrogens with one attached hydrogen (secondary N) is 1. The van der Waals surface area contributed by atoms with Gasteiger partial charge in [0.05, 0.1) is 6.20 Å². The Morgan fingerprint density at radius 2 is 2.33 bits per heavy atom. The van der Waals surface area contributed by atoms with Crippen molar-refractivity contribution in [2.45, 2.75) is 0 Å². The number of aromatic amines is 1. The van der Waals surface area contributed by atoms with Gasteiger partial charge in [-0.3, -0.25) is 0 Å². The van der Waals surface area contributed by atoms with Crippen LogP contribution in [0.15, 0.2) is 35.2 Å². The highest BCUT2D eigenvalue weighted by Gasteiger charge is 1.89. The van der Waals surface area contributed by atoms with Crippen LogP contribution >= 0.6 is 0 Å². The minimum Gasteiger partial charge on any atom is -0.367 e. The molecule has 60 valence electrons. The zero-order valence-corrected chi connectivity index (χ0v) is 6.40. The van der Waals surface area contributed by atoms with Gasteiger partial charge in [0.15, 0.2) is 5.76 Å². The van der Waals surface area contributed by atoms with Crippen molar-refractivity contribution in [1.82, 2.24) is 10.1 Å². The maximum atomic E-state index is 4.88. The summed E-state index contributed by atoms with van der Waals surface area (Å²) < 4.78 is 4.88. The smallest absolute Gasteiger partial charge is 0.159 e. The summed E-state index contributed by atoms with van der Waals surface area (Å²) in [4.78, 5) is 2.96. The number of hydrogen-bond donors (Lipinski definition) is 1. The highest BCUT2D eigenvalue weighted by molar-refractivity contribution is 5.66. The van der Waals surface area contributed by atoms with Crippen LogP contribution in [0.2, 0.25) is 0 Å². The lowest BCUT2D eigenvalue weighted by Gasteiger charge is -1.80. The molecule has 2 aromatic heterocycles. The number of aromatic nitrogens is 2. The first-order valence-corrected chi connectivity index (χ1v) is 3.67. The van der Waals surface area contributed by atoms with Crippen LogP contribution in [0.5, 0.6) is 0 Å². The van der Waals surface area contributed by atoms with Crippen LogP contribution in [-0.4, -0.2) is 10.1 Å². The average Bonchev–Trinajstić information content (AvgIpc) is 2.74. The second kappa shape index (κ2) is 3.09. The molecule has 3 heteroatoms. The zero-order chi connectivity index (χ0) is 8.23. The van der Waals surface area contributed by atoms with Crippen molar-refractivity contribution in [2.75, 3.05) is 0 Å². The largest absolute Gasteiger partial charge is 0.367 e. The van der Waals surface area contributed by atoms with Crippen LogP contribution in [0.1, 0.15) is 11.3 Å². The third-order valence-electron chi connectivity index (χ3n) is 1.52. The van der Waals surface area contributed by atoms with Gasteiger partial charge >= 0.3 is 0 Å². The number of H-pyrrole nitrogens is 1. The van der Waals surface area contributed by atoms with E-state index in [-0.39, 0.29) is 0 Å². The molecule has 0 amide bonds. The van der Waals surface area contributed by atoms with Gasteiger partial charge in [0.1, 0.15) is 0 Å². The topological polar surface area (TPSA) is 41.8 Å². The Kier molecular flexibility index (Phi) is 1.78. The Hall–Kier alpha value is -1.77. The summed E-state index contributed by atoms with van der Waals surface area (Å²) in [6.45, 7) is 0. The fraction of sp³-hybridized carbons (Fsp3) is 0. The van der Waals surface area contributed by atoms with Gasteiger partial charge in [-0.05, 0) is 23.8 Å². The van der Waals surface area contributed by atoms with Crippen molar-refractivity contribution in [1.29, 1.82) is 0 Å². The lowest BCUT2D eigenvalue weighted by molar-refractivity contribution is 0.413. The molecule has 0 aliphatic heterocycles. The van der Waals surface area contributed by atoms with Gasteiger partial charge in [-0.2, -0.15) is 0 Å². The first-order valence-electron chi connectivity index (χ1n) is 3.67. The molecule has 0 aliphatic rings. The highest BCUT2D eigenvalue weighted by atomic mass is 16.5. The van der Waals surface area contributed by atoms with Gasteiger partial charge in [0.2, 0.25) is 0 Å². The molecule has 3 nitrogen and oxygen atoms in total. The Bertz CT molecular complexity index is 310. The normalized spacial score (nSPS) is 11.0. The number of hydrogen-bond acceptors (Lipinski definition) is 2. The summed E-state index contributed by atoms with van der Waals surface area (Å²) in [6.07, 6.45) is 9.23. The third kappa shape index (κ3) is 1.45. The molecular weight excluding hydrogens is 152 g/mol. The van der Waals surface area contributed by atoms with E-state index >= 15 is 0 Å². The molecule has 0 bridgehead atoms. The van der Waals surface area contributed by atoms with Gasteiger partial charge in [-0.25, -0.2) is 0 Å². The van der Waals surface area contributed by atoms with Crippen molar-refractivity contribution in [3.63, 3.8) is 0 Å². The van der Waals surface area contributed by atoms with E-state index in [0.29, 0.717) is 0 Å². The van der Waals surface area contributed by atoms with Crippen molar-refractivity contribution in [3.05, 3.63) is 42.0 Å². The number of nitrogens with zero attached hydrogens (tertiary/aromatic N) is 1. The van der Waals surface area contributed by atoms with Crippen LogP contribution in [0, 0.1) is 0 Å². The van der Waals surface area contributed by atoms with Crippen molar-refractivity contribution < 1.29 is 4.52 Å². The van der Waals surface area contributed by atoms with Crippen molar-refractivity contribution in [2.24, 2.45) is 0 Å². The van der Waals surface area contributed by atoms with Crippen molar-refractivity contribution >= 4 is 12.2 Å². The SMILES string of the molecule is C(=C\c1ccno1)/c1cc[nH]c1. The molecule has 0 radical (unpaired) electrons. The molecule has 0 fully saturated rings. The second-order valence-electron chi connectivity index (χ2n) is 2.39. The molecule has 0 aromatic carbocycles. The quantitative estimate of drug-likeness (QED) is 0.731. The summed E-state index contributed by atoms with van der Waals surface area (Å²) in [6, 6.07) is 3.79. The molecule has 0 atom stereocenters. The molecule has 2 rings (SSSR count). The van der Waals surface area contributed by atoms with E-state index in [4.69, 9.17) is 4.52 Å². The summed E-state index contributed by atoms with van der Waals surface area (Å²) >= 11 is 0. The van der Waals surface area contributed by atoms with Crippen LogP contribution in [0.25, 0.3) is 12.2 Å². The molecule has 0 saturated carbocycles. The second-order valence-corrected chi connectivity index (χ2v) is 2.39. The zero-order valence-electron chi connectivity index (χ0n) is 6.40. The molecule has 0 aliphatic carbocycles. The molecule has 0 saturated heterocycles. The fourth-order valence-electron chi connectivity index (χ4n) is 0.930. The lowest BCUT2D eigenvalue weighted by atomic mass is 10.3. The average molecular weight is 160 g/mol. The fourth-order valence-corrected chi connectivity index (χ4v) is 0.930. The molecule has 1 N–H and O–H groups in total. The van der Waals surface area contributed by atoms with Crippen LogP contribution in [0.3, 0.4) is 0 Å². The Morgan fingerprint density at radius 3 is 3.00 bits per heavy atom. The Morgan fingerprint density at radius 1 is 1.33 bits per heavy atom. The molecule has 0 unspecified atom stereocenters. The molecular formula is C9H8N2O. The van der Waals surface area contributed by atoms with E-state index in [2.05, 4.69) is 10.1 Å². The van der Waals surface area contributed by atoms with E-state index in [1.165, 1.54) is 0 Å². The maximum absolute atomic E-state index is 4.88. The van der Waals surface area contributed by atoms with Gasteiger partial charge in [0.25, 0.3) is 0 Å². The predicted octanol–water partition coefficient (Wildman–Crippen LogP) is 2.17. The summed E-state index contributed by atoms with van der Waals surface area (Å²) in [5.41, 5.74) is 1.12. The van der Waals surface area contributed by atoms with E-state index in [1.54, 1.807) is 6.20 Å². The highest BCUT2D eigenvalue weighted by Crippen LogP contribution is 2.05. The maximum Gasteiger partial charge on any atom is 0.159 e. The molecule has 2 heterocycles. The molecule has 12 heavy (non-hydrogen) atoms. The van der Waals surface area contributed by atoms with Crippen molar-refractivity contribution in [3.8, 4) is 0 Å².